The van der Waals surface area contributed by atoms with Gasteiger partial charge in [0.25, 0.3) is 0 Å². The number of likely N-dealkylation sites (tertiary alicyclic amines) is 1. The zero-order chi connectivity index (χ0) is 30.6. The lowest BCUT2D eigenvalue weighted by Crippen LogP contribution is -2.49. The quantitative estimate of drug-likeness (QED) is 0.187. The fourth-order valence-corrected chi connectivity index (χ4v) is 5.53. The van der Waals surface area contributed by atoms with Crippen LogP contribution in [0.5, 0.6) is 5.75 Å². The number of aryl methyl sites for hydroxylation is 3. The largest absolute Gasteiger partial charge is 0.486 e. The number of carbonyl (C=O) groups excluding carboxylic acids is 3. The Morgan fingerprint density at radius 3 is 2.49 bits per heavy atom. The number of amides is 1. The zero-order valence-electron chi connectivity index (χ0n) is 25.8. The van der Waals surface area contributed by atoms with Crippen molar-refractivity contribution in [1.29, 1.82) is 0 Å². The summed E-state index contributed by atoms with van der Waals surface area (Å²) in [6, 6.07) is 22.9. The molecule has 0 radical (unpaired) electrons. The van der Waals surface area contributed by atoms with Gasteiger partial charge in [0.05, 0.1) is 6.42 Å². The van der Waals surface area contributed by atoms with Crippen LogP contribution in [0.1, 0.15) is 85.8 Å². The molecular weight excluding hydrogens is 538 g/mol. The predicted molar refractivity (Wildman–Crippen MR) is 169 cm³/mol. The lowest BCUT2D eigenvalue weighted by atomic mass is 9.98. The van der Waals surface area contributed by atoms with Crippen molar-refractivity contribution in [3.05, 3.63) is 101 Å². The number of piperidine rings is 1. The Balaban J connectivity index is 1.51. The molecule has 1 saturated heterocycles. The highest BCUT2D eigenvalue weighted by molar-refractivity contribution is 5.86. The Labute approximate surface area is 256 Å². The van der Waals surface area contributed by atoms with Crippen LogP contribution in [0, 0.1) is 13.8 Å². The van der Waals surface area contributed by atoms with Gasteiger partial charge in [-0.25, -0.2) is 4.79 Å². The molecule has 4 rings (SSSR count). The summed E-state index contributed by atoms with van der Waals surface area (Å²) in [4.78, 5) is 41.0. The third kappa shape index (κ3) is 9.54. The van der Waals surface area contributed by atoms with Crippen molar-refractivity contribution < 1.29 is 23.9 Å². The summed E-state index contributed by atoms with van der Waals surface area (Å²) < 4.78 is 12.1. The van der Waals surface area contributed by atoms with Gasteiger partial charge in [-0.1, -0.05) is 74.0 Å². The van der Waals surface area contributed by atoms with E-state index in [9.17, 15) is 14.4 Å². The minimum Gasteiger partial charge on any atom is -0.486 e. The molecule has 0 bridgehead atoms. The molecule has 0 aromatic heterocycles. The number of nitrogens with zero attached hydrogens (tertiary/aromatic N) is 1. The average Bonchev–Trinajstić information content (AvgIpc) is 3.03. The number of esters is 1. The molecule has 0 saturated carbocycles. The van der Waals surface area contributed by atoms with Gasteiger partial charge in [-0.3, -0.25) is 9.59 Å². The molecule has 1 heterocycles. The van der Waals surface area contributed by atoms with E-state index in [0.717, 1.165) is 43.2 Å². The fourth-order valence-electron chi connectivity index (χ4n) is 5.53. The number of carbonyl (C=O) groups is 3. The van der Waals surface area contributed by atoms with Gasteiger partial charge in [-0.05, 0) is 92.3 Å². The highest BCUT2D eigenvalue weighted by Crippen LogP contribution is 2.30. The Bertz CT molecular complexity index is 1370. The maximum Gasteiger partial charge on any atom is 0.329 e. The SMILES string of the molecule is CCCCC(=O)COc1cccc([C@@H](CCc2ccc(C)c(C)c2)OC(=O)[C@@H]2CCCCN2C(=O)Cc2ccccc2)c1. The van der Waals surface area contributed by atoms with Gasteiger partial charge in [-0.2, -0.15) is 0 Å². The van der Waals surface area contributed by atoms with E-state index in [1.54, 1.807) is 4.90 Å². The number of hydrogen-bond donors (Lipinski definition) is 0. The van der Waals surface area contributed by atoms with Crippen molar-refractivity contribution in [3.63, 3.8) is 0 Å². The predicted octanol–water partition coefficient (Wildman–Crippen LogP) is 7.28. The van der Waals surface area contributed by atoms with Crippen LogP contribution in [-0.4, -0.2) is 41.8 Å². The first kappa shape index (κ1) is 32.0. The Morgan fingerprint density at radius 1 is 0.907 bits per heavy atom. The minimum absolute atomic E-state index is 0.0249. The number of Topliss-reactive ketones (excluding diaryl/α,β-unsaturated/α-hetero) is 1. The second kappa shape index (κ2) is 16.1. The van der Waals surface area contributed by atoms with Crippen LogP contribution in [0.25, 0.3) is 0 Å². The summed E-state index contributed by atoms with van der Waals surface area (Å²) in [5.41, 5.74) is 5.39. The highest BCUT2D eigenvalue weighted by Gasteiger charge is 2.34. The number of ketones is 1. The second-order valence-electron chi connectivity index (χ2n) is 11.6. The first-order valence-corrected chi connectivity index (χ1v) is 15.7. The van der Waals surface area contributed by atoms with E-state index in [-0.39, 0.29) is 30.7 Å². The Kier molecular flexibility index (Phi) is 12.0. The van der Waals surface area contributed by atoms with Crippen LogP contribution in [0.3, 0.4) is 0 Å². The van der Waals surface area contributed by atoms with E-state index in [1.807, 2.05) is 54.6 Å². The van der Waals surface area contributed by atoms with Crippen LogP contribution >= 0.6 is 0 Å². The molecule has 1 aliphatic rings. The molecule has 0 N–H and O–H groups in total. The van der Waals surface area contributed by atoms with Crippen LogP contribution in [-0.2, 0) is 32.0 Å². The third-order valence-corrected chi connectivity index (χ3v) is 8.26. The van der Waals surface area contributed by atoms with Gasteiger partial charge in [0.15, 0.2) is 5.78 Å². The summed E-state index contributed by atoms with van der Waals surface area (Å²) in [5, 5.41) is 0. The Hall–Kier alpha value is -3.93. The first-order chi connectivity index (χ1) is 20.8. The van der Waals surface area contributed by atoms with E-state index in [1.165, 1.54) is 16.7 Å². The van der Waals surface area contributed by atoms with Crippen molar-refractivity contribution in [2.45, 2.75) is 90.7 Å². The molecular formula is C37H45NO5. The molecule has 0 aliphatic carbocycles. The van der Waals surface area contributed by atoms with Gasteiger partial charge < -0.3 is 14.4 Å². The van der Waals surface area contributed by atoms with Crippen LogP contribution in [0.4, 0.5) is 0 Å². The van der Waals surface area contributed by atoms with E-state index in [4.69, 9.17) is 9.47 Å². The van der Waals surface area contributed by atoms with Crippen LogP contribution in [0.2, 0.25) is 0 Å². The van der Waals surface area contributed by atoms with Crippen molar-refractivity contribution >= 4 is 17.7 Å². The molecule has 0 unspecified atom stereocenters. The van der Waals surface area contributed by atoms with Crippen LogP contribution < -0.4 is 4.74 Å². The molecule has 2 atom stereocenters. The van der Waals surface area contributed by atoms with E-state index < -0.39 is 12.1 Å². The summed E-state index contributed by atoms with van der Waals surface area (Å²) in [5.74, 6) is 0.226. The molecule has 1 amide bonds. The maximum atomic E-state index is 13.8. The minimum atomic E-state index is -0.607. The monoisotopic (exact) mass is 583 g/mol. The topological polar surface area (TPSA) is 72.9 Å². The normalized spacial score (nSPS) is 15.5. The fraction of sp³-hybridized carbons (Fsp3) is 0.432. The summed E-state index contributed by atoms with van der Waals surface area (Å²) in [6.45, 7) is 6.83. The molecule has 1 aliphatic heterocycles. The maximum absolute atomic E-state index is 13.8. The van der Waals surface area contributed by atoms with Crippen molar-refractivity contribution in [3.8, 4) is 5.75 Å². The number of hydrogen-bond acceptors (Lipinski definition) is 5. The average molecular weight is 584 g/mol. The number of ether oxygens (including phenoxy) is 2. The molecule has 6 nitrogen and oxygen atoms in total. The van der Waals surface area contributed by atoms with Crippen molar-refractivity contribution in [2.75, 3.05) is 13.2 Å². The zero-order valence-corrected chi connectivity index (χ0v) is 25.8. The van der Waals surface area contributed by atoms with Gasteiger partial charge in [0, 0.05) is 13.0 Å². The summed E-state index contributed by atoms with van der Waals surface area (Å²) in [6.07, 6.45) is 5.70. The third-order valence-electron chi connectivity index (χ3n) is 8.26. The first-order valence-electron chi connectivity index (χ1n) is 15.7. The van der Waals surface area contributed by atoms with Gasteiger partial charge in [0.2, 0.25) is 5.91 Å². The molecule has 6 heteroatoms. The van der Waals surface area contributed by atoms with Crippen molar-refractivity contribution in [1.82, 2.24) is 4.90 Å². The second-order valence-corrected chi connectivity index (χ2v) is 11.6. The molecule has 43 heavy (non-hydrogen) atoms. The molecule has 228 valence electrons. The highest BCUT2D eigenvalue weighted by atomic mass is 16.5. The standard InChI is InChI=1S/C37H45NO5/c1-4-5-15-32(39)26-42-33-16-11-14-31(25-33)35(21-20-30-19-18-27(2)28(3)23-30)43-37(41)34-17-9-10-22-38(34)36(40)24-29-12-7-6-8-13-29/h6-8,11-14,16,18-19,23,25,34-35H,4-5,9-10,15,17,20-22,24,26H2,1-3H3/t34-,35+/m0/s1. The lowest BCUT2D eigenvalue weighted by molar-refractivity contribution is -0.162. The van der Waals surface area contributed by atoms with Gasteiger partial charge >= 0.3 is 5.97 Å². The Morgan fingerprint density at radius 2 is 1.72 bits per heavy atom. The molecule has 1 fully saturated rings. The number of rotatable bonds is 14. The van der Waals surface area contributed by atoms with Crippen molar-refractivity contribution in [2.24, 2.45) is 0 Å². The lowest BCUT2D eigenvalue weighted by Gasteiger charge is -2.35. The number of unbranched alkanes of at least 4 members (excludes halogenated alkanes) is 1. The number of benzene rings is 3. The smallest absolute Gasteiger partial charge is 0.329 e. The molecule has 0 spiro atoms. The van der Waals surface area contributed by atoms with E-state index in [0.29, 0.717) is 31.6 Å². The van der Waals surface area contributed by atoms with Gasteiger partial charge in [-0.15, -0.1) is 0 Å². The van der Waals surface area contributed by atoms with E-state index in [2.05, 4.69) is 39.0 Å². The molecule has 3 aromatic rings. The van der Waals surface area contributed by atoms with E-state index >= 15 is 0 Å². The summed E-state index contributed by atoms with van der Waals surface area (Å²) in [7, 11) is 0. The van der Waals surface area contributed by atoms with Gasteiger partial charge in [0.1, 0.15) is 24.5 Å². The summed E-state index contributed by atoms with van der Waals surface area (Å²) >= 11 is 0. The molecule has 3 aromatic carbocycles. The van der Waals surface area contributed by atoms with Crippen LogP contribution in [0.15, 0.2) is 72.8 Å².